The van der Waals surface area contributed by atoms with Crippen LogP contribution in [-0.2, 0) is 11.3 Å². The van der Waals surface area contributed by atoms with Crippen LogP contribution in [0.3, 0.4) is 0 Å². The summed E-state index contributed by atoms with van der Waals surface area (Å²) in [6.07, 6.45) is 10.4. The average Bonchev–Trinajstić information content (AvgIpc) is 2.93. The van der Waals surface area contributed by atoms with Crippen molar-refractivity contribution in [1.82, 2.24) is 24.6 Å². The zero-order valence-electron chi connectivity index (χ0n) is 11.5. The summed E-state index contributed by atoms with van der Waals surface area (Å²) in [4.78, 5) is 22.7. The molecule has 0 bridgehead atoms. The third-order valence-corrected chi connectivity index (χ3v) is 3.87. The fraction of sp³-hybridized carbons (Fsp3) is 0.429. The van der Waals surface area contributed by atoms with E-state index in [-0.39, 0.29) is 18.4 Å². The molecule has 0 radical (unpaired) electrons. The average molecular weight is 306 g/mol. The van der Waals surface area contributed by atoms with Crippen molar-refractivity contribution < 1.29 is 4.79 Å². The molecule has 0 unspecified atom stereocenters. The van der Waals surface area contributed by atoms with E-state index in [1.54, 1.807) is 29.5 Å². The third-order valence-electron chi connectivity index (χ3n) is 3.67. The monoisotopic (exact) mass is 305 g/mol. The van der Waals surface area contributed by atoms with Gasteiger partial charge in [0.2, 0.25) is 5.91 Å². The topological polar surface area (TPSA) is 63.9 Å². The minimum atomic E-state index is 0.0587. The first-order valence-corrected chi connectivity index (χ1v) is 7.32. The van der Waals surface area contributed by atoms with E-state index in [1.807, 2.05) is 4.90 Å². The number of nitrogens with zero attached hydrogens (tertiary/aromatic N) is 5. The number of likely N-dealkylation sites (tertiary alicyclic amines) is 1. The van der Waals surface area contributed by atoms with Crippen molar-refractivity contribution in [1.29, 1.82) is 0 Å². The summed E-state index contributed by atoms with van der Waals surface area (Å²) in [5.41, 5.74) is 0.956. The van der Waals surface area contributed by atoms with Crippen molar-refractivity contribution in [3.8, 4) is 0 Å². The molecule has 21 heavy (non-hydrogen) atoms. The molecule has 1 aliphatic rings. The first-order chi connectivity index (χ1) is 10.2. The van der Waals surface area contributed by atoms with Gasteiger partial charge in [0.15, 0.2) is 0 Å². The first-order valence-electron chi connectivity index (χ1n) is 6.94. The van der Waals surface area contributed by atoms with E-state index in [2.05, 4.69) is 15.1 Å². The number of carbonyl (C=O) groups excluding carboxylic acids is 1. The number of hydrogen-bond acceptors (Lipinski definition) is 4. The maximum absolute atomic E-state index is 12.3. The van der Waals surface area contributed by atoms with Gasteiger partial charge >= 0.3 is 0 Å². The standard InChI is InChI=1S/C14H16ClN5O/c15-12-6-18-20(9-12)10-14(21)19-5-1-2-11(8-19)13-7-16-3-4-17-13/h3-4,6-7,9,11H,1-2,5,8,10H2/t11-/m0/s1. The number of halogens is 1. The highest BCUT2D eigenvalue weighted by atomic mass is 35.5. The minimum absolute atomic E-state index is 0.0587. The maximum atomic E-state index is 12.3. The number of hydrogen-bond donors (Lipinski definition) is 0. The molecule has 110 valence electrons. The van der Waals surface area contributed by atoms with Crippen molar-refractivity contribution in [3.63, 3.8) is 0 Å². The molecular weight excluding hydrogens is 290 g/mol. The Morgan fingerprint density at radius 1 is 1.38 bits per heavy atom. The van der Waals surface area contributed by atoms with Gasteiger partial charge in [-0.25, -0.2) is 0 Å². The lowest BCUT2D eigenvalue weighted by molar-refractivity contribution is -0.133. The van der Waals surface area contributed by atoms with E-state index in [0.29, 0.717) is 11.6 Å². The summed E-state index contributed by atoms with van der Waals surface area (Å²) in [6, 6.07) is 0. The summed E-state index contributed by atoms with van der Waals surface area (Å²) in [5.74, 6) is 0.320. The van der Waals surface area contributed by atoms with Crippen LogP contribution in [0.1, 0.15) is 24.5 Å². The summed E-state index contributed by atoms with van der Waals surface area (Å²) in [7, 11) is 0. The summed E-state index contributed by atoms with van der Waals surface area (Å²) < 4.78 is 1.57. The van der Waals surface area contributed by atoms with Crippen LogP contribution in [0.2, 0.25) is 5.02 Å². The quantitative estimate of drug-likeness (QED) is 0.866. The molecule has 7 heteroatoms. The van der Waals surface area contributed by atoms with Crippen LogP contribution in [0.25, 0.3) is 0 Å². The Bertz CT molecular complexity index is 615. The van der Waals surface area contributed by atoms with E-state index in [0.717, 1.165) is 25.1 Å². The summed E-state index contributed by atoms with van der Waals surface area (Å²) >= 11 is 5.81. The van der Waals surface area contributed by atoms with E-state index >= 15 is 0 Å². The van der Waals surface area contributed by atoms with Crippen LogP contribution >= 0.6 is 11.6 Å². The highest BCUT2D eigenvalue weighted by molar-refractivity contribution is 6.30. The number of amides is 1. The van der Waals surface area contributed by atoms with Crippen LogP contribution in [0.4, 0.5) is 0 Å². The molecule has 1 amide bonds. The lowest BCUT2D eigenvalue weighted by Gasteiger charge is -2.32. The minimum Gasteiger partial charge on any atom is -0.340 e. The van der Waals surface area contributed by atoms with Gasteiger partial charge in [0.1, 0.15) is 6.54 Å². The predicted octanol–water partition coefficient (Wildman–Crippen LogP) is 1.73. The molecule has 2 aromatic heterocycles. The Balaban J connectivity index is 1.64. The van der Waals surface area contributed by atoms with Gasteiger partial charge in [-0.2, -0.15) is 5.10 Å². The molecule has 0 saturated carbocycles. The molecule has 1 aliphatic heterocycles. The Morgan fingerprint density at radius 2 is 2.29 bits per heavy atom. The van der Waals surface area contributed by atoms with Gasteiger partial charge in [-0.05, 0) is 12.8 Å². The first kappa shape index (κ1) is 14.0. The molecule has 1 atom stereocenters. The lowest BCUT2D eigenvalue weighted by Crippen LogP contribution is -2.41. The molecule has 1 saturated heterocycles. The fourth-order valence-electron chi connectivity index (χ4n) is 2.63. The number of carbonyl (C=O) groups is 1. The van der Waals surface area contributed by atoms with Gasteiger partial charge in [0.25, 0.3) is 0 Å². The molecule has 6 nitrogen and oxygen atoms in total. The molecule has 1 fully saturated rings. The molecule has 0 aromatic carbocycles. The second-order valence-corrected chi connectivity index (χ2v) is 5.60. The smallest absolute Gasteiger partial charge is 0.244 e. The highest BCUT2D eigenvalue weighted by Crippen LogP contribution is 2.25. The number of aromatic nitrogens is 4. The molecule has 0 aliphatic carbocycles. The number of piperidine rings is 1. The van der Waals surface area contributed by atoms with Crippen LogP contribution in [0.15, 0.2) is 31.0 Å². The maximum Gasteiger partial charge on any atom is 0.244 e. The highest BCUT2D eigenvalue weighted by Gasteiger charge is 2.25. The van der Waals surface area contributed by atoms with Crippen LogP contribution in [-0.4, -0.2) is 43.6 Å². The second-order valence-electron chi connectivity index (χ2n) is 5.17. The van der Waals surface area contributed by atoms with Gasteiger partial charge in [-0.15, -0.1) is 0 Å². The third kappa shape index (κ3) is 3.39. The van der Waals surface area contributed by atoms with Gasteiger partial charge in [-0.1, -0.05) is 11.6 Å². The van der Waals surface area contributed by atoms with Crippen molar-refractivity contribution in [2.45, 2.75) is 25.3 Å². The zero-order chi connectivity index (χ0) is 14.7. The van der Waals surface area contributed by atoms with Crippen LogP contribution < -0.4 is 0 Å². The van der Waals surface area contributed by atoms with E-state index in [1.165, 1.54) is 6.20 Å². The van der Waals surface area contributed by atoms with E-state index < -0.39 is 0 Å². The molecule has 2 aromatic rings. The Kier molecular flexibility index (Phi) is 4.15. The SMILES string of the molecule is O=C(Cn1cc(Cl)cn1)N1CCC[C@H](c2cnccn2)C1. The van der Waals surface area contributed by atoms with Crippen molar-refractivity contribution in [3.05, 3.63) is 41.7 Å². The Labute approximate surface area is 127 Å². The Hall–Kier alpha value is -1.95. The van der Waals surface area contributed by atoms with Crippen LogP contribution in [0, 0.1) is 0 Å². The van der Waals surface area contributed by atoms with Crippen molar-refractivity contribution >= 4 is 17.5 Å². The van der Waals surface area contributed by atoms with Gasteiger partial charge in [0, 0.05) is 43.8 Å². The van der Waals surface area contributed by atoms with Crippen molar-refractivity contribution in [2.24, 2.45) is 0 Å². The van der Waals surface area contributed by atoms with E-state index in [4.69, 9.17) is 11.6 Å². The molecule has 3 rings (SSSR count). The normalized spacial score (nSPS) is 18.7. The molecule has 0 N–H and O–H groups in total. The Morgan fingerprint density at radius 3 is 3.00 bits per heavy atom. The van der Waals surface area contributed by atoms with Crippen LogP contribution in [0.5, 0.6) is 0 Å². The second kappa shape index (κ2) is 6.22. The van der Waals surface area contributed by atoms with E-state index in [9.17, 15) is 4.79 Å². The van der Waals surface area contributed by atoms with Gasteiger partial charge < -0.3 is 4.90 Å². The number of rotatable bonds is 3. The fourth-order valence-corrected chi connectivity index (χ4v) is 2.79. The van der Waals surface area contributed by atoms with Gasteiger partial charge in [-0.3, -0.25) is 19.4 Å². The zero-order valence-corrected chi connectivity index (χ0v) is 12.3. The lowest BCUT2D eigenvalue weighted by atomic mass is 9.95. The molecule has 3 heterocycles. The largest absolute Gasteiger partial charge is 0.340 e. The summed E-state index contributed by atoms with van der Waals surface area (Å²) in [5, 5.41) is 4.58. The molecule has 0 spiro atoms. The summed E-state index contributed by atoms with van der Waals surface area (Å²) in [6.45, 7) is 1.69. The predicted molar refractivity (Wildman–Crippen MR) is 77.8 cm³/mol. The molecular formula is C14H16ClN5O. The van der Waals surface area contributed by atoms with Crippen molar-refractivity contribution in [2.75, 3.05) is 13.1 Å². The van der Waals surface area contributed by atoms with Gasteiger partial charge in [0.05, 0.1) is 16.9 Å².